The Bertz CT molecular complexity index is 768. The van der Waals surface area contributed by atoms with E-state index in [-0.39, 0.29) is 0 Å². The van der Waals surface area contributed by atoms with E-state index >= 15 is 0 Å². The van der Waals surface area contributed by atoms with Crippen molar-refractivity contribution in [1.82, 2.24) is 4.98 Å². The van der Waals surface area contributed by atoms with Crippen molar-refractivity contribution in [3.05, 3.63) is 46.8 Å². The molecule has 0 fully saturated rings. The van der Waals surface area contributed by atoms with Crippen LogP contribution in [-0.2, 0) is 0 Å². The Balaban J connectivity index is 2.10. The average molecular weight is 333 g/mol. The fourth-order valence-electron chi connectivity index (χ4n) is 2.11. The van der Waals surface area contributed by atoms with Gasteiger partial charge in [0.25, 0.3) is 0 Å². The quantitative estimate of drug-likeness (QED) is 0.758. The number of halogens is 1. The van der Waals surface area contributed by atoms with E-state index in [0.29, 0.717) is 0 Å². The predicted octanol–water partition coefficient (Wildman–Crippen LogP) is 4.65. The van der Waals surface area contributed by atoms with Gasteiger partial charge in [0.2, 0.25) is 0 Å². The first-order valence-corrected chi connectivity index (χ1v) is 6.92. The van der Waals surface area contributed by atoms with Crippen molar-refractivity contribution >= 4 is 38.4 Å². The first kappa shape index (κ1) is 13.0. The molecule has 4 nitrogen and oxygen atoms in total. The maximum absolute atomic E-state index is 5.51. The number of anilines is 2. The van der Waals surface area contributed by atoms with Crippen LogP contribution in [0.15, 0.2) is 45.6 Å². The molecule has 1 N–H and O–H groups in total. The van der Waals surface area contributed by atoms with E-state index in [4.69, 9.17) is 9.15 Å². The molecular formula is C15H13BrN2O2. The van der Waals surface area contributed by atoms with E-state index in [1.54, 1.807) is 19.6 Å². The van der Waals surface area contributed by atoms with Crippen LogP contribution in [-0.4, -0.2) is 12.1 Å². The summed E-state index contributed by atoms with van der Waals surface area (Å²) in [7, 11) is 1.67. The third kappa shape index (κ3) is 2.14. The van der Waals surface area contributed by atoms with E-state index in [0.717, 1.165) is 38.3 Å². The number of methoxy groups -OCH3 is 1. The lowest BCUT2D eigenvalue weighted by Crippen LogP contribution is -1.97. The van der Waals surface area contributed by atoms with Crippen LogP contribution in [0.25, 0.3) is 11.1 Å². The van der Waals surface area contributed by atoms with E-state index in [1.165, 1.54) is 0 Å². The molecule has 2 heterocycles. The molecule has 0 aliphatic heterocycles. The van der Waals surface area contributed by atoms with Crippen LogP contribution >= 0.6 is 15.9 Å². The van der Waals surface area contributed by atoms with Gasteiger partial charge in [-0.2, -0.15) is 0 Å². The first-order valence-electron chi connectivity index (χ1n) is 6.13. The Morgan fingerprint density at radius 3 is 2.95 bits per heavy atom. The molecule has 0 aliphatic carbocycles. The third-order valence-electron chi connectivity index (χ3n) is 3.19. The SMILES string of the molecule is COc1cccc(Nc2c(Br)cnc3ccoc23)c1C. The summed E-state index contributed by atoms with van der Waals surface area (Å²) >= 11 is 3.50. The molecule has 0 radical (unpaired) electrons. The van der Waals surface area contributed by atoms with E-state index in [9.17, 15) is 0 Å². The number of ether oxygens (including phenoxy) is 1. The molecule has 3 rings (SSSR count). The molecule has 0 amide bonds. The number of hydrogen-bond acceptors (Lipinski definition) is 4. The topological polar surface area (TPSA) is 47.3 Å². The Morgan fingerprint density at radius 2 is 2.15 bits per heavy atom. The van der Waals surface area contributed by atoms with Crippen molar-refractivity contribution in [2.45, 2.75) is 6.92 Å². The highest BCUT2D eigenvalue weighted by molar-refractivity contribution is 9.10. The number of hydrogen-bond donors (Lipinski definition) is 1. The fraction of sp³-hybridized carbons (Fsp3) is 0.133. The molecule has 0 bridgehead atoms. The number of rotatable bonds is 3. The largest absolute Gasteiger partial charge is 0.496 e. The summed E-state index contributed by atoms with van der Waals surface area (Å²) in [5, 5.41) is 3.38. The maximum atomic E-state index is 5.51. The van der Waals surface area contributed by atoms with E-state index in [2.05, 4.69) is 26.2 Å². The van der Waals surface area contributed by atoms with Crippen LogP contribution in [0.4, 0.5) is 11.4 Å². The van der Waals surface area contributed by atoms with Crippen LogP contribution in [0.3, 0.4) is 0 Å². The molecule has 0 saturated heterocycles. The lowest BCUT2D eigenvalue weighted by Gasteiger charge is -2.13. The number of nitrogens with zero attached hydrogens (tertiary/aromatic N) is 1. The summed E-state index contributed by atoms with van der Waals surface area (Å²) in [6.07, 6.45) is 3.39. The van der Waals surface area contributed by atoms with Gasteiger partial charge in [-0.05, 0) is 35.0 Å². The van der Waals surface area contributed by atoms with Crippen molar-refractivity contribution in [3.8, 4) is 5.75 Å². The monoisotopic (exact) mass is 332 g/mol. The highest BCUT2D eigenvalue weighted by atomic mass is 79.9. The summed E-state index contributed by atoms with van der Waals surface area (Å²) in [4.78, 5) is 4.29. The minimum absolute atomic E-state index is 0.724. The van der Waals surface area contributed by atoms with Gasteiger partial charge in [-0.15, -0.1) is 0 Å². The molecule has 1 aromatic carbocycles. The minimum Gasteiger partial charge on any atom is -0.496 e. The smallest absolute Gasteiger partial charge is 0.176 e. The molecule has 0 atom stereocenters. The molecule has 2 aromatic heterocycles. The molecule has 102 valence electrons. The summed E-state index contributed by atoms with van der Waals surface area (Å²) in [6.45, 7) is 2.01. The molecule has 20 heavy (non-hydrogen) atoms. The van der Waals surface area contributed by atoms with Gasteiger partial charge in [0, 0.05) is 23.5 Å². The maximum Gasteiger partial charge on any atom is 0.176 e. The second-order valence-corrected chi connectivity index (χ2v) is 5.23. The number of benzene rings is 1. The van der Waals surface area contributed by atoms with Crippen LogP contribution in [0.2, 0.25) is 0 Å². The summed E-state index contributed by atoms with van der Waals surface area (Å²) in [6, 6.07) is 7.72. The Kier molecular flexibility index (Phi) is 3.36. The molecule has 0 saturated carbocycles. The van der Waals surface area contributed by atoms with Gasteiger partial charge in [0.15, 0.2) is 5.58 Å². The van der Waals surface area contributed by atoms with E-state index < -0.39 is 0 Å². The van der Waals surface area contributed by atoms with Gasteiger partial charge in [0.05, 0.1) is 17.8 Å². The van der Waals surface area contributed by atoms with Crippen molar-refractivity contribution < 1.29 is 9.15 Å². The van der Waals surface area contributed by atoms with Crippen LogP contribution in [0, 0.1) is 6.92 Å². The molecule has 5 heteroatoms. The average Bonchev–Trinajstić information content (AvgIpc) is 2.92. The summed E-state index contributed by atoms with van der Waals surface area (Å²) < 4.78 is 11.7. The predicted molar refractivity (Wildman–Crippen MR) is 82.7 cm³/mol. The number of pyridine rings is 1. The number of aromatic nitrogens is 1. The van der Waals surface area contributed by atoms with Gasteiger partial charge < -0.3 is 14.5 Å². The van der Waals surface area contributed by atoms with Gasteiger partial charge in [0.1, 0.15) is 17.0 Å². The standard InChI is InChI=1S/C15H13BrN2O2/c1-9-11(4-3-5-13(9)19-2)18-14-10(16)8-17-12-6-7-20-15(12)14/h3-8H,1-2H3,(H,17,18). The second-order valence-electron chi connectivity index (χ2n) is 4.37. The highest BCUT2D eigenvalue weighted by Gasteiger charge is 2.12. The summed E-state index contributed by atoms with van der Waals surface area (Å²) in [5.74, 6) is 0.843. The van der Waals surface area contributed by atoms with Crippen molar-refractivity contribution in [3.63, 3.8) is 0 Å². The Hall–Kier alpha value is -2.01. The number of furan rings is 1. The number of nitrogens with one attached hydrogen (secondary N) is 1. The zero-order valence-corrected chi connectivity index (χ0v) is 12.7. The van der Waals surface area contributed by atoms with Crippen LogP contribution in [0.1, 0.15) is 5.56 Å². The molecule has 0 aliphatic rings. The van der Waals surface area contributed by atoms with Crippen molar-refractivity contribution in [2.24, 2.45) is 0 Å². The fourth-order valence-corrected chi connectivity index (χ4v) is 2.49. The van der Waals surface area contributed by atoms with Crippen LogP contribution in [0.5, 0.6) is 5.75 Å². The number of fused-ring (bicyclic) bond motifs is 1. The zero-order valence-electron chi connectivity index (χ0n) is 11.1. The molecule has 0 unspecified atom stereocenters. The zero-order chi connectivity index (χ0) is 14.1. The van der Waals surface area contributed by atoms with E-state index in [1.807, 2.05) is 31.2 Å². The van der Waals surface area contributed by atoms with Crippen molar-refractivity contribution in [2.75, 3.05) is 12.4 Å². The van der Waals surface area contributed by atoms with Gasteiger partial charge >= 0.3 is 0 Å². The first-order chi connectivity index (χ1) is 9.70. The van der Waals surface area contributed by atoms with Gasteiger partial charge in [-0.3, -0.25) is 4.98 Å². The van der Waals surface area contributed by atoms with Crippen molar-refractivity contribution in [1.29, 1.82) is 0 Å². The van der Waals surface area contributed by atoms with Gasteiger partial charge in [-0.25, -0.2) is 0 Å². The highest BCUT2D eigenvalue weighted by Crippen LogP contribution is 2.35. The Morgan fingerprint density at radius 1 is 1.30 bits per heavy atom. The third-order valence-corrected chi connectivity index (χ3v) is 3.79. The van der Waals surface area contributed by atoms with Crippen LogP contribution < -0.4 is 10.1 Å². The lowest BCUT2D eigenvalue weighted by atomic mass is 10.1. The molecular weight excluding hydrogens is 320 g/mol. The minimum atomic E-state index is 0.724. The summed E-state index contributed by atoms with van der Waals surface area (Å²) in [5.41, 5.74) is 4.40. The normalized spacial score (nSPS) is 10.8. The molecule has 0 spiro atoms. The Labute approximate surface area is 124 Å². The molecule has 3 aromatic rings. The second kappa shape index (κ2) is 5.17. The lowest BCUT2D eigenvalue weighted by molar-refractivity contribution is 0.412. The van der Waals surface area contributed by atoms with Gasteiger partial charge in [-0.1, -0.05) is 6.07 Å².